The van der Waals surface area contributed by atoms with Gasteiger partial charge in [0, 0.05) is 18.8 Å². The van der Waals surface area contributed by atoms with Crippen molar-refractivity contribution in [3.63, 3.8) is 0 Å². The number of aryl methyl sites for hydroxylation is 2. The number of aliphatic hydroxyl groups is 1. The number of anilines is 1. The van der Waals surface area contributed by atoms with Crippen LogP contribution in [-0.4, -0.2) is 58.2 Å². The molecule has 0 fully saturated rings. The normalized spacial score (nSPS) is 12.9. The molecule has 20 heavy (non-hydrogen) atoms. The van der Waals surface area contributed by atoms with Crippen LogP contribution in [0.15, 0.2) is 12.4 Å². The summed E-state index contributed by atoms with van der Waals surface area (Å²) < 4.78 is 0. The minimum atomic E-state index is -0.450. The monoisotopic (exact) mass is 275 g/mol. The highest BCUT2D eigenvalue weighted by Gasteiger charge is 2.11. The lowest BCUT2D eigenvalue weighted by Crippen LogP contribution is -2.31. The smallest absolute Gasteiger partial charge is 0.165 e. The number of pyridine rings is 1. The summed E-state index contributed by atoms with van der Waals surface area (Å²) in [7, 11) is 3.86. The molecular formula is C14H21N5O. The number of aromatic nitrogens is 3. The Labute approximate surface area is 118 Å². The van der Waals surface area contributed by atoms with Crippen LogP contribution in [-0.2, 0) is 0 Å². The van der Waals surface area contributed by atoms with Gasteiger partial charge in [-0.3, -0.25) is 0 Å². The van der Waals surface area contributed by atoms with Crippen molar-refractivity contribution in [2.45, 2.75) is 20.0 Å². The van der Waals surface area contributed by atoms with E-state index in [2.05, 4.69) is 20.3 Å². The molecule has 2 heterocycles. The predicted molar refractivity (Wildman–Crippen MR) is 79.9 cm³/mol. The van der Waals surface area contributed by atoms with E-state index in [0.717, 1.165) is 22.5 Å². The molecule has 0 aliphatic rings. The molecule has 0 aliphatic heterocycles. The second-order valence-corrected chi connectivity index (χ2v) is 5.30. The van der Waals surface area contributed by atoms with E-state index >= 15 is 0 Å². The first-order chi connectivity index (χ1) is 9.47. The summed E-state index contributed by atoms with van der Waals surface area (Å²) in [5, 5.41) is 14.0. The lowest BCUT2D eigenvalue weighted by atomic mass is 10.1. The Hall–Kier alpha value is -1.79. The third-order valence-corrected chi connectivity index (χ3v) is 3.01. The Bertz CT molecular complexity index is 599. The molecule has 2 rings (SSSR count). The summed E-state index contributed by atoms with van der Waals surface area (Å²) in [6.45, 7) is 5.01. The number of aliphatic hydroxyl groups excluding tert-OH is 1. The van der Waals surface area contributed by atoms with Gasteiger partial charge in [-0.15, -0.1) is 0 Å². The van der Waals surface area contributed by atoms with Gasteiger partial charge in [-0.25, -0.2) is 15.0 Å². The first kappa shape index (κ1) is 14.6. The van der Waals surface area contributed by atoms with Crippen molar-refractivity contribution < 1.29 is 5.11 Å². The van der Waals surface area contributed by atoms with E-state index in [1.807, 2.05) is 38.9 Å². The molecule has 0 saturated heterocycles. The van der Waals surface area contributed by atoms with E-state index < -0.39 is 6.10 Å². The van der Waals surface area contributed by atoms with E-state index in [4.69, 9.17) is 0 Å². The molecule has 2 N–H and O–H groups in total. The van der Waals surface area contributed by atoms with E-state index in [0.29, 0.717) is 18.7 Å². The standard InChI is InChI=1S/C14H21N5O/c1-9-5-10(2)18-14-12(9)13(16-8-17-14)15-6-11(20)7-19(3)4/h5,8,11,20H,6-7H2,1-4H3,(H,15,16,17,18). The molecule has 2 aromatic heterocycles. The average Bonchev–Trinajstić information content (AvgIpc) is 2.34. The molecule has 1 unspecified atom stereocenters. The predicted octanol–water partition coefficient (Wildman–Crippen LogP) is 0.976. The van der Waals surface area contributed by atoms with Gasteiger partial charge < -0.3 is 15.3 Å². The average molecular weight is 275 g/mol. The van der Waals surface area contributed by atoms with Gasteiger partial charge in [-0.05, 0) is 39.6 Å². The maximum Gasteiger partial charge on any atom is 0.165 e. The van der Waals surface area contributed by atoms with Crippen LogP contribution in [0, 0.1) is 13.8 Å². The van der Waals surface area contributed by atoms with Crippen molar-refractivity contribution in [1.82, 2.24) is 19.9 Å². The Morgan fingerprint density at radius 1 is 1.30 bits per heavy atom. The number of nitrogens with zero attached hydrogens (tertiary/aromatic N) is 4. The first-order valence-corrected chi connectivity index (χ1v) is 6.63. The van der Waals surface area contributed by atoms with Gasteiger partial charge in [0.05, 0.1) is 11.5 Å². The largest absolute Gasteiger partial charge is 0.390 e. The lowest BCUT2D eigenvalue weighted by Gasteiger charge is -2.17. The van der Waals surface area contributed by atoms with E-state index in [9.17, 15) is 5.11 Å². The molecule has 0 saturated carbocycles. The maximum atomic E-state index is 9.90. The fraction of sp³-hybridized carbons (Fsp3) is 0.500. The second-order valence-electron chi connectivity index (χ2n) is 5.30. The molecule has 0 spiro atoms. The van der Waals surface area contributed by atoms with Gasteiger partial charge >= 0.3 is 0 Å². The van der Waals surface area contributed by atoms with Crippen LogP contribution in [0.25, 0.3) is 11.0 Å². The van der Waals surface area contributed by atoms with E-state index in [1.165, 1.54) is 6.33 Å². The molecular weight excluding hydrogens is 254 g/mol. The highest BCUT2D eigenvalue weighted by molar-refractivity contribution is 5.89. The third-order valence-electron chi connectivity index (χ3n) is 3.01. The van der Waals surface area contributed by atoms with Crippen LogP contribution >= 0.6 is 0 Å². The van der Waals surface area contributed by atoms with Gasteiger partial charge in [-0.2, -0.15) is 0 Å². The Morgan fingerprint density at radius 2 is 2.05 bits per heavy atom. The number of hydrogen-bond acceptors (Lipinski definition) is 6. The molecule has 1 atom stereocenters. The molecule has 108 valence electrons. The fourth-order valence-electron chi connectivity index (χ4n) is 2.24. The molecule has 0 radical (unpaired) electrons. The Morgan fingerprint density at radius 3 is 2.75 bits per heavy atom. The summed E-state index contributed by atoms with van der Waals surface area (Å²) in [6.07, 6.45) is 1.04. The summed E-state index contributed by atoms with van der Waals surface area (Å²) >= 11 is 0. The minimum Gasteiger partial charge on any atom is -0.390 e. The first-order valence-electron chi connectivity index (χ1n) is 6.63. The van der Waals surface area contributed by atoms with Crippen LogP contribution in [0.5, 0.6) is 0 Å². The summed E-state index contributed by atoms with van der Waals surface area (Å²) in [5.41, 5.74) is 2.70. The van der Waals surface area contributed by atoms with Gasteiger partial charge in [0.25, 0.3) is 0 Å². The van der Waals surface area contributed by atoms with Gasteiger partial charge in [0.2, 0.25) is 0 Å². The van der Waals surface area contributed by atoms with Crippen LogP contribution in [0.1, 0.15) is 11.3 Å². The quantitative estimate of drug-likeness (QED) is 0.847. The summed E-state index contributed by atoms with van der Waals surface area (Å²) in [6, 6.07) is 2.01. The zero-order valence-corrected chi connectivity index (χ0v) is 12.4. The Kier molecular flexibility index (Phi) is 4.46. The molecule has 0 aromatic carbocycles. The van der Waals surface area contributed by atoms with Crippen LogP contribution in [0.3, 0.4) is 0 Å². The van der Waals surface area contributed by atoms with Crippen LogP contribution in [0.4, 0.5) is 5.82 Å². The van der Waals surface area contributed by atoms with Crippen LogP contribution in [0.2, 0.25) is 0 Å². The van der Waals surface area contributed by atoms with Crippen molar-refractivity contribution in [2.75, 3.05) is 32.5 Å². The van der Waals surface area contributed by atoms with Gasteiger partial charge in [-0.1, -0.05) is 0 Å². The molecule has 6 nitrogen and oxygen atoms in total. The van der Waals surface area contributed by atoms with E-state index in [-0.39, 0.29) is 0 Å². The number of rotatable bonds is 5. The SMILES string of the molecule is Cc1cc(C)c2c(NCC(O)CN(C)C)ncnc2n1. The molecule has 0 bridgehead atoms. The summed E-state index contributed by atoms with van der Waals surface area (Å²) in [4.78, 5) is 14.8. The van der Waals surface area contributed by atoms with Gasteiger partial charge in [0.1, 0.15) is 12.1 Å². The Balaban J connectivity index is 2.22. The van der Waals surface area contributed by atoms with Crippen molar-refractivity contribution in [2.24, 2.45) is 0 Å². The maximum absolute atomic E-state index is 9.90. The number of hydrogen-bond donors (Lipinski definition) is 2. The third kappa shape index (κ3) is 3.40. The molecule has 6 heteroatoms. The zero-order chi connectivity index (χ0) is 14.7. The van der Waals surface area contributed by atoms with E-state index in [1.54, 1.807) is 0 Å². The van der Waals surface area contributed by atoms with Crippen molar-refractivity contribution in [3.05, 3.63) is 23.7 Å². The number of nitrogens with one attached hydrogen (secondary N) is 1. The topological polar surface area (TPSA) is 74.2 Å². The lowest BCUT2D eigenvalue weighted by molar-refractivity contribution is 0.148. The zero-order valence-electron chi connectivity index (χ0n) is 12.4. The highest BCUT2D eigenvalue weighted by atomic mass is 16.3. The minimum absolute atomic E-state index is 0.442. The molecule has 2 aromatic rings. The number of fused-ring (bicyclic) bond motifs is 1. The van der Waals surface area contributed by atoms with Gasteiger partial charge in [0.15, 0.2) is 5.65 Å². The summed E-state index contributed by atoms with van der Waals surface area (Å²) in [5.74, 6) is 0.720. The number of likely N-dealkylation sites (N-methyl/N-ethyl adjacent to an activating group) is 1. The molecule has 0 aliphatic carbocycles. The second kappa shape index (κ2) is 6.11. The van der Waals surface area contributed by atoms with Crippen molar-refractivity contribution >= 4 is 16.9 Å². The molecule has 0 amide bonds. The fourth-order valence-corrected chi connectivity index (χ4v) is 2.24. The highest BCUT2D eigenvalue weighted by Crippen LogP contribution is 2.22. The van der Waals surface area contributed by atoms with Crippen molar-refractivity contribution in [3.8, 4) is 0 Å². The van der Waals surface area contributed by atoms with Crippen LogP contribution < -0.4 is 5.32 Å². The van der Waals surface area contributed by atoms with Crippen molar-refractivity contribution in [1.29, 1.82) is 0 Å².